The SMILES string of the molecule is Cc1ccc([C@H](NC(N)=O)c2cccc(C)c2)cc1. The largest absolute Gasteiger partial charge is 0.352 e. The summed E-state index contributed by atoms with van der Waals surface area (Å²) >= 11 is 0. The van der Waals surface area contributed by atoms with E-state index < -0.39 is 6.03 Å². The lowest BCUT2D eigenvalue weighted by atomic mass is 9.97. The summed E-state index contributed by atoms with van der Waals surface area (Å²) in [5.74, 6) is 0. The molecule has 0 aliphatic rings. The van der Waals surface area contributed by atoms with Gasteiger partial charge >= 0.3 is 6.03 Å². The molecule has 0 heterocycles. The maximum absolute atomic E-state index is 11.2. The van der Waals surface area contributed by atoms with Crippen molar-refractivity contribution in [3.05, 3.63) is 70.8 Å². The third-order valence-electron chi connectivity index (χ3n) is 3.07. The first-order valence-electron chi connectivity index (χ1n) is 6.25. The quantitative estimate of drug-likeness (QED) is 0.869. The number of carbonyl (C=O) groups is 1. The van der Waals surface area contributed by atoms with Gasteiger partial charge in [0.25, 0.3) is 0 Å². The fraction of sp³-hybridized carbons (Fsp3) is 0.188. The smallest absolute Gasteiger partial charge is 0.312 e. The van der Waals surface area contributed by atoms with Gasteiger partial charge in [0, 0.05) is 0 Å². The van der Waals surface area contributed by atoms with Crippen LogP contribution in [0.4, 0.5) is 4.79 Å². The summed E-state index contributed by atoms with van der Waals surface area (Å²) in [4.78, 5) is 11.2. The van der Waals surface area contributed by atoms with Gasteiger partial charge in [-0.15, -0.1) is 0 Å². The molecule has 1 atom stereocenters. The van der Waals surface area contributed by atoms with Gasteiger partial charge in [0.2, 0.25) is 0 Å². The van der Waals surface area contributed by atoms with Gasteiger partial charge in [-0.1, -0.05) is 59.7 Å². The molecule has 0 aliphatic carbocycles. The van der Waals surface area contributed by atoms with Crippen molar-refractivity contribution < 1.29 is 4.79 Å². The molecule has 19 heavy (non-hydrogen) atoms. The minimum Gasteiger partial charge on any atom is -0.352 e. The Morgan fingerprint density at radius 3 is 2.26 bits per heavy atom. The summed E-state index contributed by atoms with van der Waals surface area (Å²) in [5, 5.41) is 2.80. The third-order valence-corrected chi connectivity index (χ3v) is 3.07. The van der Waals surface area contributed by atoms with Gasteiger partial charge in [-0.3, -0.25) is 0 Å². The van der Waals surface area contributed by atoms with Crippen LogP contribution in [0.3, 0.4) is 0 Å². The second-order valence-electron chi connectivity index (χ2n) is 4.77. The molecule has 0 fully saturated rings. The van der Waals surface area contributed by atoms with Gasteiger partial charge in [0.15, 0.2) is 0 Å². The molecule has 0 unspecified atom stereocenters. The maximum atomic E-state index is 11.2. The van der Waals surface area contributed by atoms with E-state index in [1.807, 2.05) is 56.3 Å². The average Bonchev–Trinajstić information content (AvgIpc) is 2.37. The predicted molar refractivity (Wildman–Crippen MR) is 76.9 cm³/mol. The summed E-state index contributed by atoms with van der Waals surface area (Å²) < 4.78 is 0. The third kappa shape index (κ3) is 3.35. The number of benzene rings is 2. The number of amides is 2. The van der Waals surface area contributed by atoms with Gasteiger partial charge in [-0.2, -0.15) is 0 Å². The Labute approximate surface area is 113 Å². The van der Waals surface area contributed by atoms with E-state index in [9.17, 15) is 4.79 Å². The fourth-order valence-electron chi connectivity index (χ4n) is 2.11. The number of primary amides is 1. The van der Waals surface area contributed by atoms with E-state index in [1.54, 1.807) is 0 Å². The van der Waals surface area contributed by atoms with Gasteiger partial charge in [0.05, 0.1) is 6.04 Å². The molecule has 0 saturated heterocycles. The number of rotatable bonds is 3. The number of nitrogens with one attached hydrogen (secondary N) is 1. The monoisotopic (exact) mass is 254 g/mol. The molecule has 98 valence electrons. The van der Waals surface area contributed by atoms with Crippen LogP contribution in [-0.4, -0.2) is 6.03 Å². The summed E-state index contributed by atoms with van der Waals surface area (Å²) in [6.07, 6.45) is 0. The first-order chi connectivity index (χ1) is 9.06. The summed E-state index contributed by atoms with van der Waals surface area (Å²) in [6, 6.07) is 15.4. The van der Waals surface area contributed by atoms with E-state index in [4.69, 9.17) is 5.73 Å². The van der Waals surface area contributed by atoms with Crippen LogP contribution >= 0.6 is 0 Å². The molecular formula is C16H18N2O. The van der Waals surface area contributed by atoms with Crippen LogP contribution in [0.25, 0.3) is 0 Å². The Morgan fingerprint density at radius 2 is 1.68 bits per heavy atom. The predicted octanol–water partition coefficient (Wildman–Crippen LogP) is 3.06. The summed E-state index contributed by atoms with van der Waals surface area (Å²) in [6.45, 7) is 4.06. The van der Waals surface area contributed by atoms with Gasteiger partial charge in [0.1, 0.15) is 0 Å². The highest BCUT2D eigenvalue weighted by Crippen LogP contribution is 2.23. The number of aryl methyl sites for hydroxylation is 2. The van der Waals surface area contributed by atoms with Gasteiger partial charge < -0.3 is 11.1 Å². The molecule has 0 radical (unpaired) electrons. The second kappa shape index (κ2) is 5.57. The highest BCUT2D eigenvalue weighted by atomic mass is 16.2. The average molecular weight is 254 g/mol. The zero-order chi connectivity index (χ0) is 13.8. The Balaban J connectivity index is 2.40. The molecule has 0 aliphatic heterocycles. The van der Waals surface area contributed by atoms with E-state index in [0.29, 0.717) is 0 Å². The molecule has 2 aromatic rings. The van der Waals surface area contributed by atoms with Crippen molar-refractivity contribution in [2.75, 3.05) is 0 Å². The first-order valence-corrected chi connectivity index (χ1v) is 6.25. The van der Waals surface area contributed by atoms with E-state index in [1.165, 1.54) is 5.56 Å². The normalized spacial score (nSPS) is 11.9. The van der Waals surface area contributed by atoms with Crippen molar-refractivity contribution in [3.63, 3.8) is 0 Å². The number of urea groups is 1. The van der Waals surface area contributed by atoms with E-state index in [2.05, 4.69) is 11.4 Å². The highest BCUT2D eigenvalue weighted by Gasteiger charge is 2.15. The molecule has 0 spiro atoms. The lowest BCUT2D eigenvalue weighted by molar-refractivity contribution is 0.247. The number of nitrogens with two attached hydrogens (primary N) is 1. The van der Waals surface area contributed by atoms with Crippen LogP contribution in [0.2, 0.25) is 0 Å². The van der Waals surface area contributed by atoms with Crippen LogP contribution in [0.1, 0.15) is 28.3 Å². The lowest BCUT2D eigenvalue weighted by Crippen LogP contribution is -2.33. The number of hydrogen-bond donors (Lipinski definition) is 2. The van der Waals surface area contributed by atoms with Crippen molar-refractivity contribution in [2.45, 2.75) is 19.9 Å². The van der Waals surface area contributed by atoms with Crippen molar-refractivity contribution >= 4 is 6.03 Å². The molecule has 3 nitrogen and oxygen atoms in total. The van der Waals surface area contributed by atoms with E-state index in [-0.39, 0.29) is 6.04 Å². The van der Waals surface area contributed by atoms with Gasteiger partial charge in [-0.25, -0.2) is 4.79 Å². The van der Waals surface area contributed by atoms with Crippen LogP contribution < -0.4 is 11.1 Å². The Hall–Kier alpha value is -2.29. The maximum Gasteiger partial charge on any atom is 0.312 e. The van der Waals surface area contributed by atoms with Crippen molar-refractivity contribution in [1.29, 1.82) is 0 Å². The minimum atomic E-state index is -0.521. The van der Waals surface area contributed by atoms with Crippen LogP contribution in [0.15, 0.2) is 48.5 Å². The second-order valence-corrected chi connectivity index (χ2v) is 4.77. The zero-order valence-corrected chi connectivity index (χ0v) is 11.2. The minimum absolute atomic E-state index is 0.210. The molecule has 2 aromatic carbocycles. The Kier molecular flexibility index (Phi) is 3.85. The zero-order valence-electron chi connectivity index (χ0n) is 11.2. The van der Waals surface area contributed by atoms with Crippen LogP contribution in [0.5, 0.6) is 0 Å². The molecule has 2 rings (SSSR count). The molecule has 0 bridgehead atoms. The standard InChI is InChI=1S/C16H18N2O/c1-11-6-8-13(9-7-11)15(18-16(17)19)14-5-3-4-12(2)10-14/h3-10,15H,1-2H3,(H3,17,18,19)/t15-/m0/s1. The molecule has 3 heteroatoms. The number of hydrogen-bond acceptors (Lipinski definition) is 1. The molecular weight excluding hydrogens is 236 g/mol. The summed E-state index contributed by atoms with van der Waals surface area (Å²) in [7, 11) is 0. The van der Waals surface area contributed by atoms with E-state index >= 15 is 0 Å². The molecule has 0 aromatic heterocycles. The molecule has 3 N–H and O–H groups in total. The van der Waals surface area contributed by atoms with Crippen molar-refractivity contribution in [1.82, 2.24) is 5.32 Å². The Morgan fingerprint density at radius 1 is 1.00 bits per heavy atom. The fourth-order valence-corrected chi connectivity index (χ4v) is 2.11. The first kappa shape index (κ1) is 13.1. The molecule has 2 amide bonds. The topological polar surface area (TPSA) is 55.1 Å². The van der Waals surface area contributed by atoms with Crippen LogP contribution in [-0.2, 0) is 0 Å². The number of carbonyl (C=O) groups excluding carboxylic acids is 1. The van der Waals surface area contributed by atoms with Crippen molar-refractivity contribution in [2.24, 2.45) is 5.73 Å². The van der Waals surface area contributed by atoms with E-state index in [0.717, 1.165) is 16.7 Å². The highest BCUT2D eigenvalue weighted by molar-refractivity contribution is 5.73. The van der Waals surface area contributed by atoms with Crippen LogP contribution in [0, 0.1) is 13.8 Å². The van der Waals surface area contributed by atoms with Crippen molar-refractivity contribution in [3.8, 4) is 0 Å². The lowest BCUT2D eigenvalue weighted by Gasteiger charge is -2.19. The Bertz CT molecular complexity index is 576. The molecule has 0 saturated carbocycles. The summed E-state index contributed by atoms with van der Waals surface area (Å²) in [5.41, 5.74) is 9.68. The van der Waals surface area contributed by atoms with Gasteiger partial charge in [-0.05, 0) is 25.0 Å².